The van der Waals surface area contributed by atoms with Crippen molar-refractivity contribution in [1.82, 2.24) is 31.1 Å². The average molecular weight is 983 g/mol. The lowest BCUT2D eigenvalue weighted by atomic mass is 9.88. The first kappa shape index (κ1) is 64.4. The fraction of sp³-hybridized carbons (Fsp3) is 0.655. The number of carbonyl (C=O) groups is 5. The number of hydrogen-bond donors (Lipinski definition) is 5. The van der Waals surface area contributed by atoms with Gasteiger partial charge < -0.3 is 36.2 Å². The molecule has 2 aliphatic carbocycles. The van der Waals surface area contributed by atoms with Gasteiger partial charge in [-0.05, 0) is 99.7 Å². The zero-order valence-corrected chi connectivity index (χ0v) is 46.0. The summed E-state index contributed by atoms with van der Waals surface area (Å²) in [6.45, 7) is 23.5. The first-order valence-electron chi connectivity index (χ1n) is 25.8. The fourth-order valence-corrected chi connectivity index (χ4v) is 7.72. The number of nitrogens with zero attached hydrogens (tertiary/aromatic N) is 2. The lowest BCUT2D eigenvalue weighted by Gasteiger charge is -2.31. The summed E-state index contributed by atoms with van der Waals surface area (Å²) in [7, 11) is 1.92. The minimum Gasteiger partial charge on any atom is -0.396 e. The van der Waals surface area contributed by atoms with E-state index in [-0.39, 0.29) is 54.8 Å². The Morgan fingerprint density at radius 2 is 1.49 bits per heavy atom. The number of ketones is 1. The number of hydrogen-bond acceptors (Lipinski definition) is 9. The van der Waals surface area contributed by atoms with E-state index < -0.39 is 28.8 Å². The van der Waals surface area contributed by atoms with E-state index in [4.69, 9.17) is 5.11 Å². The van der Waals surface area contributed by atoms with Crippen LogP contribution in [0.5, 0.6) is 0 Å². The number of likely N-dealkylation sites (N-methyl/N-ethyl adjacent to an activating group) is 1. The van der Waals surface area contributed by atoms with Crippen LogP contribution in [-0.4, -0.2) is 113 Å². The molecule has 3 aliphatic rings. The molecule has 2 saturated carbocycles. The number of benzene rings is 1. The number of unbranched alkanes of at least 4 members (excludes halogenated alkanes) is 1. The third kappa shape index (κ3) is 25.7. The average Bonchev–Trinajstić information content (AvgIpc) is 4.05. The van der Waals surface area contributed by atoms with E-state index in [0.29, 0.717) is 56.0 Å². The molecule has 14 heteroatoms. The van der Waals surface area contributed by atoms with Gasteiger partial charge in [-0.2, -0.15) is 0 Å². The number of Topliss-reactive ketones (excluding diaryl/α,β-unsaturated/α-hetero) is 1. The van der Waals surface area contributed by atoms with Crippen molar-refractivity contribution in [1.29, 1.82) is 0 Å². The second kappa shape index (κ2) is 37.3. The van der Waals surface area contributed by atoms with E-state index in [1.165, 1.54) is 10.5 Å². The van der Waals surface area contributed by atoms with Gasteiger partial charge in [-0.15, -0.1) is 0 Å². The minimum atomic E-state index is -1.34. The van der Waals surface area contributed by atoms with E-state index in [1.54, 1.807) is 49.5 Å². The van der Waals surface area contributed by atoms with Gasteiger partial charge in [0.05, 0.1) is 30.6 Å². The smallest absolute Gasteiger partial charge is 0.249 e. The zero-order chi connectivity index (χ0) is 52.5. The summed E-state index contributed by atoms with van der Waals surface area (Å²) < 4.78 is 12.7. The van der Waals surface area contributed by atoms with Gasteiger partial charge in [0.1, 0.15) is 12.1 Å². The number of allylic oxidation sites excluding steroid dienone is 6. The van der Waals surface area contributed by atoms with Crippen LogP contribution in [0, 0.1) is 11.8 Å². The molecule has 3 fully saturated rings. The normalized spacial score (nSPS) is 16.4. The van der Waals surface area contributed by atoms with Crippen LogP contribution < -0.4 is 21.3 Å². The van der Waals surface area contributed by atoms with Gasteiger partial charge in [0.2, 0.25) is 29.4 Å². The van der Waals surface area contributed by atoms with Crippen LogP contribution in [0.4, 0.5) is 0 Å². The topological polar surface area (TPSA) is 177 Å². The predicted octanol–water partition coefficient (Wildman–Crippen LogP) is 8.84. The van der Waals surface area contributed by atoms with Gasteiger partial charge in [0.25, 0.3) is 0 Å². The van der Waals surface area contributed by atoms with E-state index >= 15 is 0 Å². The Hall–Kier alpha value is -4.56. The number of likely N-dealkylation sites (tertiary alicyclic amines) is 1. The second-order valence-electron chi connectivity index (χ2n) is 18.2. The van der Waals surface area contributed by atoms with Crippen LogP contribution in [0.15, 0.2) is 76.7 Å². The number of aliphatic hydroxyl groups excluding tert-OH is 1. The van der Waals surface area contributed by atoms with E-state index in [1.807, 2.05) is 45.9 Å². The molecule has 0 spiro atoms. The van der Waals surface area contributed by atoms with Crippen LogP contribution in [0.2, 0.25) is 0 Å². The summed E-state index contributed by atoms with van der Waals surface area (Å²) in [6.07, 6.45) is 17.1. The Morgan fingerprint density at radius 1 is 0.870 bits per heavy atom. The lowest BCUT2D eigenvalue weighted by Crippen LogP contribution is -2.50. The first-order chi connectivity index (χ1) is 32.9. The molecular weight excluding hydrogens is 889 g/mol. The van der Waals surface area contributed by atoms with Gasteiger partial charge in [0.15, 0.2) is 0 Å². The van der Waals surface area contributed by atoms with E-state index in [9.17, 15) is 28.2 Å². The van der Waals surface area contributed by atoms with Crippen molar-refractivity contribution in [2.45, 2.75) is 171 Å². The molecule has 5 atom stereocenters. The van der Waals surface area contributed by atoms with Crippen LogP contribution in [0.25, 0.3) is 0 Å². The van der Waals surface area contributed by atoms with Crippen molar-refractivity contribution in [3.63, 3.8) is 0 Å². The maximum Gasteiger partial charge on any atom is 0.249 e. The van der Waals surface area contributed by atoms with Gasteiger partial charge in [-0.1, -0.05) is 130 Å². The third-order valence-corrected chi connectivity index (χ3v) is 12.1. The predicted molar refractivity (Wildman–Crippen MR) is 287 cm³/mol. The molecule has 4 amide bonds. The lowest BCUT2D eigenvalue weighted by molar-refractivity contribution is -0.134. The summed E-state index contributed by atoms with van der Waals surface area (Å²) in [5.74, 6) is 0.0177. The molecule has 13 nitrogen and oxygen atoms in total. The quantitative estimate of drug-likeness (QED) is 0.0530. The Labute approximate surface area is 420 Å². The number of carbonyl (C=O) groups excluding carboxylic acids is 5. The molecule has 1 aromatic carbocycles. The summed E-state index contributed by atoms with van der Waals surface area (Å²) >= 11 is 0. The molecule has 0 radical (unpaired) electrons. The molecule has 0 aromatic heterocycles. The Morgan fingerprint density at radius 3 is 1.99 bits per heavy atom. The maximum absolute atomic E-state index is 14.4. The van der Waals surface area contributed by atoms with Crippen LogP contribution >= 0.6 is 0 Å². The summed E-state index contributed by atoms with van der Waals surface area (Å²) in [6, 6.07) is 6.97. The number of amides is 4. The van der Waals surface area contributed by atoms with Crippen molar-refractivity contribution in [2.75, 3.05) is 52.3 Å². The number of nitrogens with one attached hydrogen (secondary N) is 4. The van der Waals surface area contributed by atoms with Gasteiger partial charge >= 0.3 is 0 Å². The molecular formula is C55H94N6O7S. The molecule has 392 valence electrons. The van der Waals surface area contributed by atoms with Gasteiger partial charge in [-0.3, -0.25) is 28.2 Å². The highest BCUT2D eigenvalue weighted by molar-refractivity contribution is 7.84. The summed E-state index contributed by atoms with van der Waals surface area (Å²) in [5.41, 5.74) is 5.14. The second-order valence-corrected chi connectivity index (χ2v) is 19.6. The standard InChI is InChI=1S/C43H62N6O6S.C4H10O.C4H10.2C2H6/c1-7-29(2)30(3)16-10-8-13-22-36(50)44-27-38(52)49-25-15-21-35(49)39(33-23-24-33)46-34(28-56(6)55)42(53)40(31-19-14-20-31)45-26-37(51)47-41(43(54)48(4)5)32-17-11-9-12-18-32;1-2-3-4-5;1-4(2)3;2*1-2/h8-12,16-18,29,34-35,41,45-46H,7,13-15,19-28H2,1-6H3,(H,44,50)(H,47,51);5H,2-4H2,1H3;4H,1-3H3;2*1-2H3/b10-8-,30-16+;;;;. The van der Waals surface area contributed by atoms with Crippen molar-refractivity contribution >= 4 is 40.2 Å². The van der Waals surface area contributed by atoms with Gasteiger partial charge in [-0.25, -0.2) is 0 Å². The molecule has 69 heavy (non-hydrogen) atoms. The van der Waals surface area contributed by atoms with Crippen molar-refractivity contribution in [3.8, 4) is 0 Å². The maximum atomic E-state index is 14.4. The first-order valence-corrected chi connectivity index (χ1v) is 27.5. The van der Waals surface area contributed by atoms with Crippen molar-refractivity contribution < 1.29 is 33.3 Å². The number of rotatable bonds is 23. The van der Waals surface area contributed by atoms with Crippen LogP contribution in [0.1, 0.15) is 165 Å². The van der Waals surface area contributed by atoms with Gasteiger partial charge in [0, 0.05) is 56.4 Å². The molecule has 0 bridgehead atoms. The Kier molecular flexibility index (Phi) is 34.8. The summed E-state index contributed by atoms with van der Waals surface area (Å²) in [5, 5.41) is 20.3. The molecule has 5 N–H and O–H groups in total. The molecule has 5 unspecified atom stereocenters. The Bertz CT molecular complexity index is 1820. The highest BCUT2D eigenvalue weighted by Crippen LogP contribution is 2.37. The molecule has 1 heterocycles. The molecule has 1 saturated heterocycles. The largest absolute Gasteiger partial charge is 0.396 e. The highest BCUT2D eigenvalue weighted by atomic mass is 32.2. The third-order valence-electron chi connectivity index (χ3n) is 11.3. The molecule has 4 rings (SSSR count). The van der Waals surface area contributed by atoms with E-state index in [0.717, 1.165) is 67.7 Å². The minimum absolute atomic E-state index is 0.0475. The van der Waals surface area contributed by atoms with Crippen LogP contribution in [0.3, 0.4) is 0 Å². The SMILES string of the molecule is CC.CC.CC(C)C.CCC(C)/C(C)=C/C=C\CCC(=O)NCC(=O)N1CCCC1C(NC(CS(C)=O)C(=O)C(NCC(=O)NC(C(=O)N(C)C)c1ccccc1)=C1CCC1)=C1CC1.CCCCO. The fourth-order valence-electron chi connectivity index (χ4n) is 7.01. The Balaban J connectivity index is 0.00000318. The van der Waals surface area contributed by atoms with Crippen molar-refractivity contribution in [2.24, 2.45) is 11.8 Å². The van der Waals surface area contributed by atoms with Crippen LogP contribution in [-0.2, 0) is 34.8 Å². The highest BCUT2D eigenvalue weighted by Gasteiger charge is 2.38. The monoisotopic (exact) mass is 983 g/mol. The summed E-state index contributed by atoms with van der Waals surface area (Å²) in [4.78, 5) is 70.1. The van der Waals surface area contributed by atoms with E-state index in [2.05, 4.69) is 75.8 Å². The molecule has 1 aromatic rings. The van der Waals surface area contributed by atoms with Crippen molar-refractivity contribution in [3.05, 3.63) is 82.2 Å². The molecule has 1 aliphatic heterocycles. The number of aliphatic hydroxyl groups is 1. The zero-order valence-electron chi connectivity index (χ0n) is 45.2.